The Labute approximate surface area is 110 Å². The van der Waals surface area contributed by atoms with Crippen molar-refractivity contribution in [3.63, 3.8) is 0 Å². The van der Waals surface area contributed by atoms with Crippen LogP contribution in [0.2, 0.25) is 0 Å². The summed E-state index contributed by atoms with van der Waals surface area (Å²) in [5.74, 6) is -1.18. The number of carbonyl (C=O) groups is 1. The summed E-state index contributed by atoms with van der Waals surface area (Å²) in [6, 6.07) is 0. The van der Waals surface area contributed by atoms with E-state index < -0.39 is 16.8 Å². The van der Waals surface area contributed by atoms with Gasteiger partial charge in [0.2, 0.25) is 11.6 Å². The third-order valence-electron chi connectivity index (χ3n) is 3.08. The monoisotopic (exact) mass is 270 g/mol. The lowest BCUT2D eigenvalue weighted by Gasteiger charge is -2.17. The summed E-state index contributed by atoms with van der Waals surface area (Å²) in [7, 11) is 1.64. The fourth-order valence-electron chi connectivity index (χ4n) is 1.73. The molecule has 1 unspecified atom stereocenters. The van der Waals surface area contributed by atoms with Gasteiger partial charge in [-0.3, -0.25) is 9.36 Å². The molecule has 0 aliphatic carbocycles. The molecular formula is C11H18N4O4. The molecule has 1 heterocycles. The smallest absolute Gasteiger partial charge is 0.406 e. The molecule has 1 rings (SSSR count). The largest absolute Gasteiger partial charge is 0.481 e. The number of aromatic nitrogens is 2. The number of anilines is 1. The number of nitro groups is 1. The first kappa shape index (κ1) is 14.9. The number of carboxylic acid groups (broad SMARTS) is 1. The molecule has 0 saturated heterocycles. The van der Waals surface area contributed by atoms with Gasteiger partial charge in [-0.15, -0.1) is 0 Å². The predicted molar refractivity (Wildman–Crippen MR) is 69.1 cm³/mol. The summed E-state index contributed by atoms with van der Waals surface area (Å²) in [4.78, 5) is 25.2. The molecule has 1 aromatic heterocycles. The lowest BCUT2D eigenvalue weighted by Crippen LogP contribution is -2.28. The average Bonchev–Trinajstić information content (AvgIpc) is 2.56. The molecule has 0 fully saturated rings. The molecule has 8 heteroatoms. The summed E-state index contributed by atoms with van der Waals surface area (Å²) in [6.45, 7) is 5.36. The molecule has 0 aliphatic rings. The van der Waals surface area contributed by atoms with Gasteiger partial charge in [0.25, 0.3) is 0 Å². The van der Waals surface area contributed by atoms with Crippen LogP contribution < -0.4 is 5.32 Å². The van der Waals surface area contributed by atoms with E-state index in [0.29, 0.717) is 5.82 Å². The van der Waals surface area contributed by atoms with E-state index in [0.717, 1.165) is 0 Å². The van der Waals surface area contributed by atoms with Crippen LogP contribution in [-0.2, 0) is 11.8 Å². The first-order chi connectivity index (χ1) is 8.75. The molecule has 19 heavy (non-hydrogen) atoms. The number of aryl methyl sites for hydroxylation is 1. The van der Waals surface area contributed by atoms with Gasteiger partial charge in [0.1, 0.15) is 0 Å². The first-order valence-corrected chi connectivity index (χ1v) is 5.90. The van der Waals surface area contributed by atoms with Crippen LogP contribution in [0.15, 0.2) is 0 Å². The van der Waals surface area contributed by atoms with E-state index in [4.69, 9.17) is 5.11 Å². The minimum absolute atomic E-state index is 0.0709. The number of carboxylic acids is 1. The van der Waals surface area contributed by atoms with Gasteiger partial charge >= 0.3 is 11.8 Å². The Bertz CT molecular complexity index is 495. The lowest BCUT2D eigenvalue weighted by molar-refractivity contribution is -0.388. The second-order valence-electron chi connectivity index (χ2n) is 4.72. The van der Waals surface area contributed by atoms with E-state index in [1.54, 1.807) is 27.8 Å². The molecular weight excluding hydrogens is 252 g/mol. The number of rotatable bonds is 6. The van der Waals surface area contributed by atoms with Gasteiger partial charge < -0.3 is 20.5 Å². The zero-order chi connectivity index (χ0) is 14.7. The number of hydrogen-bond acceptors (Lipinski definition) is 5. The minimum Gasteiger partial charge on any atom is -0.481 e. The molecule has 1 aromatic rings. The van der Waals surface area contributed by atoms with E-state index >= 15 is 0 Å². The standard InChI is InChI=1S/C11H18N4O4/c1-6(2)8(11(16)17)5-12-9-10(15(18)19)13-7(3)14(9)4/h6,8,12H,5H2,1-4H3,(H,16,17). The van der Waals surface area contributed by atoms with Crippen LogP contribution in [-0.4, -0.2) is 32.1 Å². The van der Waals surface area contributed by atoms with Crippen molar-refractivity contribution >= 4 is 17.6 Å². The van der Waals surface area contributed by atoms with Gasteiger partial charge in [-0.25, -0.2) is 0 Å². The Morgan fingerprint density at radius 3 is 2.58 bits per heavy atom. The molecule has 0 radical (unpaired) electrons. The second-order valence-corrected chi connectivity index (χ2v) is 4.72. The van der Waals surface area contributed by atoms with Crippen LogP contribution in [0.3, 0.4) is 0 Å². The maximum atomic E-state index is 11.1. The number of nitrogens with zero attached hydrogens (tertiary/aromatic N) is 3. The molecule has 0 aromatic carbocycles. The van der Waals surface area contributed by atoms with Crippen molar-refractivity contribution in [1.82, 2.24) is 9.55 Å². The number of nitrogens with one attached hydrogen (secondary N) is 1. The Morgan fingerprint density at radius 2 is 2.16 bits per heavy atom. The third-order valence-corrected chi connectivity index (χ3v) is 3.08. The summed E-state index contributed by atoms with van der Waals surface area (Å²) in [6.07, 6.45) is 0. The van der Waals surface area contributed by atoms with E-state index in [2.05, 4.69) is 10.3 Å². The van der Waals surface area contributed by atoms with Crippen LogP contribution in [0.5, 0.6) is 0 Å². The zero-order valence-corrected chi connectivity index (χ0v) is 11.4. The number of aliphatic carboxylic acids is 1. The zero-order valence-electron chi connectivity index (χ0n) is 11.4. The maximum absolute atomic E-state index is 11.1. The van der Waals surface area contributed by atoms with Crippen molar-refractivity contribution in [2.24, 2.45) is 18.9 Å². The van der Waals surface area contributed by atoms with Gasteiger partial charge in [0.05, 0.1) is 5.92 Å². The fraction of sp³-hybridized carbons (Fsp3) is 0.636. The predicted octanol–water partition coefficient (Wildman–Crippen LogP) is 1.41. The van der Waals surface area contributed by atoms with Gasteiger partial charge in [-0.05, 0) is 15.8 Å². The topological polar surface area (TPSA) is 110 Å². The Kier molecular flexibility index (Phi) is 4.47. The van der Waals surface area contributed by atoms with Crippen LogP contribution in [0, 0.1) is 28.9 Å². The summed E-state index contributed by atoms with van der Waals surface area (Å²) < 4.78 is 1.54. The van der Waals surface area contributed by atoms with Crippen molar-refractivity contribution < 1.29 is 14.8 Å². The van der Waals surface area contributed by atoms with Crippen molar-refractivity contribution in [1.29, 1.82) is 0 Å². The quantitative estimate of drug-likeness (QED) is 0.597. The van der Waals surface area contributed by atoms with E-state index in [-0.39, 0.29) is 24.1 Å². The highest BCUT2D eigenvalue weighted by Gasteiger charge is 2.26. The van der Waals surface area contributed by atoms with Gasteiger partial charge in [0.15, 0.2) is 0 Å². The SMILES string of the molecule is Cc1nc([N+](=O)[O-])c(NCC(C(=O)O)C(C)C)n1C. The fourth-order valence-corrected chi connectivity index (χ4v) is 1.73. The molecule has 0 bridgehead atoms. The lowest BCUT2D eigenvalue weighted by atomic mass is 9.96. The summed E-state index contributed by atoms with van der Waals surface area (Å²) in [5.41, 5.74) is 0. The molecule has 1 atom stereocenters. The van der Waals surface area contributed by atoms with Crippen LogP contribution >= 0.6 is 0 Å². The van der Waals surface area contributed by atoms with Crippen LogP contribution in [0.25, 0.3) is 0 Å². The molecule has 2 N–H and O–H groups in total. The molecule has 0 spiro atoms. The van der Waals surface area contributed by atoms with Crippen molar-refractivity contribution in [3.8, 4) is 0 Å². The Morgan fingerprint density at radius 1 is 1.58 bits per heavy atom. The minimum atomic E-state index is -0.927. The highest BCUT2D eigenvalue weighted by molar-refractivity contribution is 5.71. The molecule has 0 saturated carbocycles. The van der Waals surface area contributed by atoms with Gasteiger partial charge in [0, 0.05) is 20.5 Å². The van der Waals surface area contributed by atoms with Crippen molar-refractivity contribution in [3.05, 3.63) is 15.9 Å². The normalized spacial score (nSPS) is 12.5. The third kappa shape index (κ3) is 3.21. The number of imidazole rings is 1. The van der Waals surface area contributed by atoms with Gasteiger partial charge in [-0.1, -0.05) is 13.8 Å². The first-order valence-electron chi connectivity index (χ1n) is 5.90. The Hall–Kier alpha value is -2.12. The molecule has 8 nitrogen and oxygen atoms in total. The van der Waals surface area contributed by atoms with E-state index in [9.17, 15) is 14.9 Å². The van der Waals surface area contributed by atoms with Crippen molar-refractivity contribution in [2.45, 2.75) is 20.8 Å². The van der Waals surface area contributed by atoms with Crippen LogP contribution in [0.1, 0.15) is 19.7 Å². The second kappa shape index (κ2) is 5.68. The molecule has 106 valence electrons. The van der Waals surface area contributed by atoms with Gasteiger partial charge in [-0.2, -0.15) is 0 Å². The van der Waals surface area contributed by atoms with Crippen molar-refractivity contribution in [2.75, 3.05) is 11.9 Å². The highest BCUT2D eigenvalue weighted by Crippen LogP contribution is 2.24. The molecule has 0 aliphatic heterocycles. The van der Waals surface area contributed by atoms with E-state index in [1.165, 1.54) is 4.57 Å². The van der Waals surface area contributed by atoms with E-state index in [1.807, 2.05) is 0 Å². The van der Waals surface area contributed by atoms with Crippen LogP contribution in [0.4, 0.5) is 11.6 Å². The maximum Gasteiger partial charge on any atom is 0.406 e. The summed E-state index contributed by atoms with van der Waals surface area (Å²) >= 11 is 0. The highest BCUT2D eigenvalue weighted by atomic mass is 16.6. The molecule has 0 amide bonds. The Balaban J connectivity index is 2.94. The summed E-state index contributed by atoms with van der Waals surface area (Å²) in [5, 5.41) is 22.8. The average molecular weight is 270 g/mol. The number of hydrogen-bond donors (Lipinski definition) is 2.